The third-order valence-corrected chi connectivity index (χ3v) is 5.95. The number of carbonyl (C=O) groups excluding carboxylic acids is 1. The van der Waals surface area contributed by atoms with Gasteiger partial charge in [-0.15, -0.1) is 0 Å². The Balaban J connectivity index is 1.74. The topological polar surface area (TPSA) is 58.6 Å². The third-order valence-electron chi connectivity index (χ3n) is 5.95. The number of nitrogens with one attached hydrogen (secondary N) is 1. The zero-order chi connectivity index (χ0) is 20.7. The van der Waals surface area contributed by atoms with Crippen LogP contribution in [-0.2, 0) is 16.0 Å². The highest BCUT2D eigenvalue weighted by atomic mass is 16.5. The second-order valence-corrected chi connectivity index (χ2v) is 8.19. The molecular formula is C25H39NO3. The minimum Gasteiger partial charge on any atom is -0.466 e. The molecule has 0 aromatic heterocycles. The molecule has 0 bridgehead atoms. The highest BCUT2D eigenvalue weighted by molar-refractivity contribution is 5.69. The van der Waals surface area contributed by atoms with Crippen LogP contribution in [-0.4, -0.2) is 30.8 Å². The highest BCUT2D eigenvalue weighted by Gasteiger charge is 2.22. The van der Waals surface area contributed by atoms with E-state index in [1.807, 2.05) is 0 Å². The number of anilines is 1. The molecule has 0 radical (unpaired) electrons. The van der Waals surface area contributed by atoms with Crippen molar-refractivity contribution in [2.24, 2.45) is 11.8 Å². The molecule has 2 N–H and O–H groups in total. The second kappa shape index (κ2) is 14.2. The van der Waals surface area contributed by atoms with Gasteiger partial charge in [0.2, 0.25) is 0 Å². The average molecular weight is 402 g/mol. The van der Waals surface area contributed by atoms with E-state index in [1.165, 1.54) is 32.1 Å². The van der Waals surface area contributed by atoms with Crippen molar-refractivity contribution >= 4 is 11.7 Å². The smallest absolute Gasteiger partial charge is 0.306 e. The Labute approximate surface area is 176 Å². The molecule has 1 aromatic rings. The lowest BCUT2D eigenvalue weighted by molar-refractivity contribution is -0.143. The van der Waals surface area contributed by atoms with E-state index in [9.17, 15) is 4.79 Å². The van der Waals surface area contributed by atoms with Crippen LogP contribution < -0.4 is 5.32 Å². The number of ether oxygens (including phenoxy) is 1. The first-order chi connectivity index (χ1) is 14.2. The van der Waals surface area contributed by atoms with Crippen LogP contribution in [0.5, 0.6) is 0 Å². The predicted octanol–water partition coefficient (Wildman–Crippen LogP) is 5.51. The number of aryl methyl sites for hydroxylation is 1. The average Bonchev–Trinajstić information content (AvgIpc) is 2.77. The van der Waals surface area contributed by atoms with Crippen molar-refractivity contribution in [3.8, 4) is 0 Å². The van der Waals surface area contributed by atoms with Crippen LogP contribution in [0.25, 0.3) is 0 Å². The summed E-state index contributed by atoms with van der Waals surface area (Å²) in [6.07, 6.45) is 15.1. The van der Waals surface area contributed by atoms with Crippen molar-refractivity contribution in [2.45, 2.75) is 71.1 Å². The molecule has 1 aromatic carbocycles. The molecular weight excluding hydrogens is 362 g/mol. The summed E-state index contributed by atoms with van der Waals surface area (Å²) in [4.78, 5) is 11.8. The summed E-state index contributed by atoms with van der Waals surface area (Å²) in [7, 11) is 0. The Bertz CT molecular complexity index is 591. The lowest BCUT2D eigenvalue weighted by Crippen LogP contribution is -2.24. The Morgan fingerprint density at radius 3 is 2.66 bits per heavy atom. The number of esters is 1. The number of aliphatic hydroxyl groups is 1. The minimum absolute atomic E-state index is 0.147. The Hall–Kier alpha value is -1.81. The molecule has 0 aliphatic heterocycles. The first-order valence-electron chi connectivity index (χ1n) is 11.4. The maximum absolute atomic E-state index is 11.8. The lowest BCUT2D eigenvalue weighted by atomic mass is 9.78. The van der Waals surface area contributed by atoms with Gasteiger partial charge in [0.1, 0.15) is 0 Å². The van der Waals surface area contributed by atoms with Crippen LogP contribution in [0, 0.1) is 11.8 Å². The van der Waals surface area contributed by atoms with Crippen molar-refractivity contribution in [3.63, 3.8) is 0 Å². The summed E-state index contributed by atoms with van der Waals surface area (Å²) in [5.74, 6) is 1.38. The van der Waals surface area contributed by atoms with E-state index >= 15 is 0 Å². The van der Waals surface area contributed by atoms with Crippen molar-refractivity contribution in [2.75, 3.05) is 25.1 Å². The fourth-order valence-corrected chi connectivity index (χ4v) is 4.12. The molecule has 2 rings (SSSR count). The molecule has 29 heavy (non-hydrogen) atoms. The second-order valence-electron chi connectivity index (χ2n) is 8.19. The monoisotopic (exact) mass is 401 g/mol. The van der Waals surface area contributed by atoms with Gasteiger partial charge in [-0.3, -0.25) is 4.79 Å². The van der Waals surface area contributed by atoms with E-state index in [2.05, 4.69) is 48.7 Å². The number of carbonyl (C=O) groups is 1. The van der Waals surface area contributed by atoms with Crippen molar-refractivity contribution in [1.82, 2.24) is 0 Å². The van der Waals surface area contributed by atoms with E-state index in [-0.39, 0.29) is 12.6 Å². The molecule has 0 saturated heterocycles. The van der Waals surface area contributed by atoms with Gasteiger partial charge >= 0.3 is 5.97 Å². The normalized spacial score (nSPS) is 16.1. The summed E-state index contributed by atoms with van der Waals surface area (Å²) in [6, 6.07) is 8.44. The van der Waals surface area contributed by atoms with Crippen LogP contribution >= 0.6 is 0 Å². The van der Waals surface area contributed by atoms with E-state index in [1.54, 1.807) is 0 Å². The summed E-state index contributed by atoms with van der Waals surface area (Å²) >= 11 is 0. The number of rotatable bonds is 13. The number of benzene rings is 1. The first kappa shape index (κ1) is 23.5. The Morgan fingerprint density at radius 1 is 1.21 bits per heavy atom. The van der Waals surface area contributed by atoms with Crippen molar-refractivity contribution < 1.29 is 14.6 Å². The molecule has 162 valence electrons. The first-order valence-corrected chi connectivity index (χ1v) is 11.4. The molecule has 1 fully saturated rings. The van der Waals surface area contributed by atoms with Crippen LogP contribution in [0.1, 0.15) is 70.3 Å². The molecule has 1 atom stereocenters. The summed E-state index contributed by atoms with van der Waals surface area (Å²) in [6.45, 7) is 3.68. The fourth-order valence-electron chi connectivity index (χ4n) is 4.12. The molecule has 1 aliphatic carbocycles. The maximum atomic E-state index is 11.8. The standard InChI is InChI=1S/C25H39NO3/c1-2-3-9-23(22-10-5-4-6-11-22)20-26-24-15-12-21(13-16-24)14-17-25(28)29-19-8-7-18-27/h2-3,12-13,15-16,22-23,26-27H,4-11,14,17-20H2,1H3. The third kappa shape index (κ3) is 9.49. The largest absolute Gasteiger partial charge is 0.466 e. The molecule has 0 heterocycles. The van der Waals surface area contributed by atoms with Crippen LogP contribution in [0.2, 0.25) is 0 Å². The van der Waals surface area contributed by atoms with E-state index < -0.39 is 0 Å². The van der Waals surface area contributed by atoms with Gasteiger partial charge in [0, 0.05) is 25.3 Å². The molecule has 0 amide bonds. The number of hydrogen-bond acceptors (Lipinski definition) is 4. The summed E-state index contributed by atoms with van der Waals surface area (Å²) in [5.41, 5.74) is 2.31. The molecule has 4 nitrogen and oxygen atoms in total. The van der Waals surface area contributed by atoms with Gasteiger partial charge < -0.3 is 15.2 Å². The van der Waals surface area contributed by atoms with Crippen LogP contribution in [0.4, 0.5) is 5.69 Å². The van der Waals surface area contributed by atoms with E-state index in [0.29, 0.717) is 31.8 Å². The quantitative estimate of drug-likeness (QED) is 0.260. The van der Waals surface area contributed by atoms with Gasteiger partial charge in [-0.2, -0.15) is 0 Å². The van der Waals surface area contributed by atoms with Crippen LogP contribution in [0.3, 0.4) is 0 Å². The fraction of sp³-hybridized carbons (Fsp3) is 0.640. The number of unbranched alkanes of at least 4 members (excludes halogenated alkanes) is 1. The van der Waals surface area contributed by atoms with Gasteiger partial charge in [0.15, 0.2) is 0 Å². The molecule has 4 heteroatoms. The zero-order valence-electron chi connectivity index (χ0n) is 18.1. The van der Waals surface area contributed by atoms with Gasteiger partial charge in [-0.25, -0.2) is 0 Å². The Morgan fingerprint density at radius 2 is 1.97 bits per heavy atom. The van der Waals surface area contributed by atoms with Gasteiger partial charge in [0.25, 0.3) is 0 Å². The molecule has 1 aliphatic rings. The van der Waals surface area contributed by atoms with Gasteiger partial charge in [-0.1, -0.05) is 56.4 Å². The molecule has 0 spiro atoms. The zero-order valence-corrected chi connectivity index (χ0v) is 18.1. The van der Waals surface area contributed by atoms with Gasteiger partial charge in [0.05, 0.1) is 6.61 Å². The summed E-state index contributed by atoms with van der Waals surface area (Å²) in [5, 5.41) is 12.4. The van der Waals surface area contributed by atoms with Gasteiger partial charge in [-0.05, 0) is 62.1 Å². The van der Waals surface area contributed by atoms with E-state index in [4.69, 9.17) is 9.84 Å². The molecule has 1 saturated carbocycles. The molecule has 1 unspecified atom stereocenters. The van der Waals surface area contributed by atoms with Crippen LogP contribution in [0.15, 0.2) is 36.4 Å². The van der Waals surface area contributed by atoms with E-state index in [0.717, 1.165) is 36.6 Å². The minimum atomic E-state index is -0.163. The number of allylic oxidation sites excluding steroid dienone is 2. The summed E-state index contributed by atoms with van der Waals surface area (Å²) < 4.78 is 5.18. The van der Waals surface area contributed by atoms with Crippen molar-refractivity contribution in [1.29, 1.82) is 0 Å². The van der Waals surface area contributed by atoms with Crippen molar-refractivity contribution in [3.05, 3.63) is 42.0 Å². The SMILES string of the molecule is CC=CCC(CNc1ccc(CCC(=O)OCCCCO)cc1)C1CCCCC1. The number of hydrogen-bond donors (Lipinski definition) is 2. The number of aliphatic hydroxyl groups excluding tert-OH is 1. The maximum Gasteiger partial charge on any atom is 0.306 e. The lowest BCUT2D eigenvalue weighted by Gasteiger charge is -2.30. The Kier molecular flexibility index (Phi) is 11.5. The predicted molar refractivity (Wildman–Crippen MR) is 120 cm³/mol. The highest BCUT2D eigenvalue weighted by Crippen LogP contribution is 2.32.